The highest BCUT2D eigenvalue weighted by atomic mass is 79.9. The molecule has 0 saturated heterocycles. The van der Waals surface area contributed by atoms with Gasteiger partial charge in [0.25, 0.3) is 0 Å². The number of halogens is 1. The third-order valence-corrected chi connectivity index (χ3v) is 3.21. The van der Waals surface area contributed by atoms with Crippen LogP contribution in [0.4, 0.5) is 0 Å². The van der Waals surface area contributed by atoms with Crippen LogP contribution in [0.15, 0.2) is 47.3 Å². The third-order valence-electron chi connectivity index (χ3n) is 2.78. The van der Waals surface area contributed by atoms with E-state index >= 15 is 0 Å². The number of rotatable bonds is 3. The number of aromatic nitrogens is 3. The quantitative estimate of drug-likeness (QED) is 0.694. The van der Waals surface area contributed by atoms with E-state index in [9.17, 15) is 0 Å². The topological polar surface area (TPSA) is 39.9 Å². The lowest BCUT2D eigenvalue weighted by Gasteiger charge is -2.06. The van der Waals surface area contributed by atoms with Gasteiger partial charge in [0.15, 0.2) is 5.65 Å². The van der Waals surface area contributed by atoms with Crippen LogP contribution < -0.4 is 4.74 Å². The summed E-state index contributed by atoms with van der Waals surface area (Å²) in [5.41, 5.74) is 2.72. The molecule has 2 heterocycles. The minimum absolute atomic E-state index is 0.670. The van der Waals surface area contributed by atoms with Crippen LogP contribution in [0.5, 0.6) is 5.75 Å². The average Bonchev–Trinajstić information content (AvgIpc) is 2.93. The van der Waals surface area contributed by atoms with Crippen LogP contribution in [0, 0.1) is 0 Å². The molecule has 3 aromatic rings. The number of fused-ring (bicyclic) bond motifs is 1. The molecule has 0 unspecified atom stereocenters. The fourth-order valence-electron chi connectivity index (χ4n) is 1.94. The standard InChI is InChI=1S/C14H12BrN3O.C2H6/c1-2-19-12-5-3-11(4-6-12)18-9-17-13-7-10(15)8-16-14(13)18;1-2/h3-9H,2H2,1H3;1-2H3. The molecule has 0 bridgehead atoms. The Hall–Kier alpha value is -1.88. The molecule has 0 aliphatic carbocycles. The van der Waals surface area contributed by atoms with E-state index in [0.717, 1.165) is 27.1 Å². The highest BCUT2D eigenvalue weighted by molar-refractivity contribution is 9.10. The fraction of sp³-hybridized carbons (Fsp3) is 0.250. The Labute approximate surface area is 132 Å². The Morgan fingerprint density at radius 1 is 1.14 bits per heavy atom. The summed E-state index contributed by atoms with van der Waals surface area (Å²) in [5, 5.41) is 0. The van der Waals surface area contributed by atoms with E-state index in [1.807, 2.05) is 55.7 Å². The molecule has 0 fully saturated rings. The summed E-state index contributed by atoms with van der Waals surface area (Å²) >= 11 is 3.40. The normalized spacial score (nSPS) is 10.1. The van der Waals surface area contributed by atoms with Gasteiger partial charge in [-0.2, -0.15) is 0 Å². The van der Waals surface area contributed by atoms with E-state index in [4.69, 9.17) is 4.74 Å². The van der Waals surface area contributed by atoms with Crippen molar-refractivity contribution < 1.29 is 4.74 Å². The second kappa shape index (κ2) is 7.22. The molecule has 0 aliphatic rings. The van der Waals surface area contributed by atoms with Gasteiger partial charge in [0, 0.05) is 16.4 Å². The van der Waals surface area contributed by atoms with Crippen molar-refractivity contribution in [2.75, 3.05) is 6.61 Å². The number of pyridine rings is 1. The van der Waals surface area contributed by atoms with Crippen molar-refractivity contribution >= 4 is 27.1 Å². The number of imidazole rings is 1. The van der Waals surface area contributed by atoms with E-state index < -0.39 is 0 Å². The lowest BCUT2D eigenvalue weighted by molar-refractivity contribution is 0.340. The van der Waals surface area contributed by atoms with Gasteiger partial charge in [-0.1, -0.05) is 13.8 Å². The molecule has 0 N–H and O–H groups in total. The molecular formula is C16H18BrN3O. The molecule has 4 nitrogen and oxygen atoms in total. The second-order valence-corrected chi connectivity index (χ2v) is 4.95. The summed E-state index contributed by atoms with van der Waals surface area (Å²) < 4.78 is 8.32. The maximum Gasteiger partial charge on any atom is 0.164 e. The van der Waals surface area contributed by atoms with Gasteiger partial charge in [-0.25, -0.2) is 9.97 Å². The number of benzene rings is 1. The molecule has 0 amide bonds. The summed E-state index contributed by atoms with van der Waals surface area (Å²) in [5.74, 6) is 0.867. The van der Waals surface area contributed by atoms with Crippen LogP contribution in [0.2, 0.25) is 0 Å². The SMILES string of the molecule is CC.CCOc1ccc(-n2cnc3cc(Br)cnc32)cc1. The van der Waals surface area contributed by atoms with Crippen LogP contribution in [0.1, 0.15) is 20.8 Å². The second-order valence-electron chi connectivity index (χ2n) is 4.04. The molecule has 21 heavy (non-hydrogen) atoms. The van der Waals surface area contributed by atoms with E-state index in [1.165, 1.54) is 0 Å². The van der Waals surface area contributed by atoms with Gasteiger partial charge in [-0.15, -0.1) is 0 Å². The van der Waals surface area contributed by atoms with Crippen LogP contribution in [0.3, 0.4) is 0 Å². The predicted molar refractivity (Wildman–Crippen MR) is 89.1 cm³/mol. The van der Waals surface area contributed by atoms with Crippen molar-refractivity contribution in [3.05, 3.63) is 47.3 Å². The van der Waals surface area contributed by atoms with E-state index in [1.54, 1.807) is 12.5 Å². The van der Waals surface area contributed by atoms with Crippen molar-refractivity contribution in [3.63, 3.8) is 0 Å². The third kappa shape index (κ3) is 3.42. The van der Waals surface area contributed by atoms with Gasteiger partial charge in [0.1, 0.15) is 17.6 Å². The van der Waals surface area contributed by atoms with Gasteiger partial charge in [-0.05, 0) is 53.2 Å². The molecule has 3 rings (SSSR count). The molecule has 0 aliphatic heterocycles. The summed E-state index contributed by atoms with van der Waals surface area (Å²) in [4.78, 5) is 8.75. The van der Waals surface area contributed by atoms with Gasteiger partial charge in [-0.3, -0.25) is 4.57 Å². The van der Waals surface area contributed by atoms with Crippen molar-refractivity contribution in [1.29, 1.82) is 0 Å². The summed E-state index contributed by atoms with van der Waals surface area (Å²) in [7, 11) is 0. The van der Waals surface area contributed by atoms with Gasteiger partial charge in [0.2, 0.25) is 0 Å². The molecule has 2 aromatic heterocycles. The minimum atomic E-state index is 0.670. The Balaban J connectivity index is 0.000000774. The van der Waals surface area contributed by atoms with Crippen LogP contribution in [-0.2, 0) is 0 Å². The van der Waals surface area contributed by atoms with E-state index in [-0.39, 0.29) is 0 Å². The molecular weight excluding hydrogens is 330 g/mol. The average molecular weight is 348 g/mol. The highest BCUT2D eigenvalue weighted by Gasteiger charge is 2.06. The Morgan fingerprint density at radius 3 is 2.52 bits per heavy atom. The number of nitrogens with zero attached hydrogens (tertiary/aromatic N) is 3. The zero-order chi connectivity index (χ0) is 15.2. The molecule has 0 spiro atoms. The monoisotopic (exact) mass is 347 g/mol. The maximum atomic E-state index is 5.43. The lowest BCUT2D eigenvalue weighted by Crippen LogP contribution is -1.95. The highest BCUT2D eigenvalue weighted by Crippen LogP contribution is 2.21. The summed E-state index contributed by atoms with van der Waals surface area (Å²) in [6, 6.07) is 9.84. The molecule has 0 radical (unpaired) electrons. The zero-order valence-corrected chi connectivity index (χ0v) is 14.0. The Kier molecular flexibility index (Phi) is 5.33. The molecule has 5 heteroatoms. The minimum Gasteiger partial charge on any atom is -0.494 e. The Bertz CT molecular complexity index is 707. The largest absolute Gasteiger partial charge is 0.494 e. The zero-order valence-electron chi connectivity index (χ0n) is 12.4. The first kappa shape index (κ1) is 15.5. The van der Waals surface area contributed by atoms with Gasteiger partial charge < -0.3 is 4.74 Å². The molecule has 110 valence electrons. The number of ether oxygens (including phenoxy) is 1. The lowest BCUT2D eigenvalue weighted by atomic mass is 10.3. The van der Waals surface area contributed by atoms with Gasteiger partial charge >= 0.3 is 0 Å². The smallest absolute Gasteiger partial charge is 0.164 e. The van der Waals surface area contributed by atoms with E-state index in [2.05, 4.69) is 25.9 Å². The van der Waals surface area contributed by atoms with Crippen LogP contribution in [-0.4, -0.2) is 21.1 Å². The first-order chi connectivity index (χ1) is 10.3. The van der Waals surface area contributed by atoms with Crippen LogP contribution in [0.25, 0.3) is 16.9 Å². The molecule has 0 atom stereocenters. The predicted octanol–water partition coefficient (Wildman–Crippen LogP) is 4.61. The molecule has 1 aromatic carbocycles. The van der Waals surface area contributed by atoms with E-state index in [0.29, 0.717) is 6.61 Å². The summed E-state index contributed by atoms with van der Waals surface area (Å²) in [6.07, 6.45) is 3.55. The first-order valence-corrected chi connectivity index (χ1v) is 7.79. The number of hydrogen-bond acceptors (Lipinski definition) is 3. The van der Waals surface area contributed by atoms with Crippen molar-refractivity contribution in [3.8, 4) is 11.4 Å². The van der Waals surface area contributed by atoms with Crippen LogP contribution >= 0.6 is 15.9 Å². The summed E-state index contributed by atoms with van der Waals surface area (Å²) in [6.45, 7) is 6.64. The molecule has 0 saturated carbocycles. The van der Waals surface area contributed by atoms with Crippen molar-refractivity contribution in [2.45, 2.75) is 20.8 Å². The number of hydrogen-bond donors (Lipinski definition) is 0. The van der Waals surface area contributed by atoms with Crippen molar-refractivity contribution in [2.24, 2.45) is 0 Å². The van der Waals surface area contributed by atoms with Gasteiger partial charge in [0.05, 0.1) is 6.61 Å². The van der Waals surface area contributed by atoms with Crippen molar-refractivity contribution in [1.82, 2.24) is 14.5 Å². The Morgan fingerprint density at radius 2 is 1.86 bits per heavy atom. The fourth-order valence-corrected chi connectivity index (χ4v) is 2.25. The maximum absolute atomic E-state index is 5.43. The first-order valence-electron chi connectivity index (χ1n) is 7.00.